The van der Waals surface area contributed by atoms with Gasteiger partial charge in [0.1, 0.15) is 0 Å². The van der Waals surface area contributed by atoms with Crippen LogP contribution in [0.25, 0.3) is 0 Å². The third kappa shape index (κ3) is 1.66. The Balaban J connectivity index is 2.68. The highest BCUT2D eigenvalue weighted by Crippen LogP contribution is 2.28. The van der Waals surface area contributed by atoms with E-state index in [-0.39, 0.29) is 0 Å². The summed E-state index contributed by atoms with van der Waals surface area (Å²) in [6.07, 6.45) is 5.70. The highest BCUT2D eigenvalue weighted by Gasteiger charge is 2.36. The minimum absolute atomic E-state index is 0.801. The van der Waals surface area contributed by atoms with Crippen LogP contribution in [0, 0.1) is 0 Å². The van der Waals surface area contributed by atoms with Crippen molar-refractivity contribution in [2.24, 2.45) is 0 Å². The number of piperidine rings is 1. The lowest BCUT2D eigenvalue weighted by atomic mass is 9.95. The van der Waals surface area contributed by atoms with Gasteiger partial charge in [-0.15, -0.1) is 0 Å². The predicted molar refractivity (Wildman–Crippen MR) is 54.1 cm³/mol. The molecule has 1 heteroatoms. The Hall–Kier alpha value is -0.0400. The van der Waals surface area contributed by atoms with Crippen LogP contribution in [-0.2, 0) is 0 Å². The lowest BCUT2D eigenvalue weighted by Gasteiger charge is -2.47. The Labute approximate surface area is 77.4 Å². The highest BCUT2D eigenvalue weighted by atomic mass is 15.4. The zero-order chi connectivity index (χ0) is 9.19. The van der Waals surface area contributed by atoms with Crippen LogP contribution in [0.5, 0.6) is 0 Å². The van der Waals surface area contributed by atoms with Gasteiger partial charge in [-0.3, -0.25) is 0 Å². The van der Waals surface area contributed by atoms with Gasteiger partial charge in [0.05, 0.1) is 25.7 Å². The number of quaternary nitrogens is 1. The summed E-state index contributed by atoms with van der Waals surface area (Å²) in [4.78, 5) is 0. The number of likely N-dealkylation sites (tertiary alicyclic amines) is 1. The first-order valence-electron chi connectivity index (χ1n) is 5.46. The van der Waals surface area contributed by atoms with Gasteiger partial charge in [-0.05, 0) is 39.5 Å². The van der Waals surface area contributed by atoms with Crippen LogP contribution in [0.4, 0.5) is 0 Å². The molecule has 12 heavy (non-hydrogen) atoms. The van der Waals surface area contributed by atoms with E-state index >= 15 is 0 Å². The van der Waals surface area contributed by atoms with Gasteiger partial charge in [0.25, 0.3) is 0 Å². The van der Waals surface area contributed by atoms with Crippen molar-refractivity contribution in [2.45, 2.75) is 58.5 Å². The standard InChI is InChI=1S/C11H24N/c1-5-11-8-6-7-9-12(11,4)10(2)3/h10-11H,5-9H2,1-4H3/q+1. The fraction of sp³-hybridized carbons (Fsp3) is 1.00. The summed E-state index contributed by atoms with van der Waals surface area (Å²) < 4.78 is 1.32. The fourth-order valence-corrected chi connectivity index (χ4v) is 2.61. The Morgan fingerprint density at radius 1 is 1.33 bits per heavy atom. The van der Waals surface area contributed by atoms with E-state index in [1.54, 1.807) is 0 Å². The molecule has 1 heterocycles. The fourth-order valence-electron chi connectivity index (χ4n) is 2.61. The maximum atomic E-state index is 2.44. The summed E-state index contributed by atoms with van der Waals surface area (Å²) in [7, 11) is 2.44. The molecule has 0 N–H and O–H groups in total. The summed E-state index contributed by atoms with van der Waals surface area (Å²) in [5, 5.41) is 0. The van der Waals surface area contributed by atoms with Gasteiger partial charge >= 0.3 is 0 Å². The number of hydrogen-bond acceptors (Lipinski definition) is 0. The van der Waals surface area contributed by atoms with E-state index in [2.05, 4.69) is 27.8 Å². The topological polar surface area (TPSA) is 0 Å². The molecule has 1 aliphatic rings. The molecule has 0 aromatic heterocycles. The molecule has 1 rings (SSSR count). The molecule has 0 spiro atoms. The summed E-state index contributed by atoms with van der Waals surface area (Å²) >= 11 is 0. The quantitative estimate of drug-likeness (QED) is 0.559. The van der Waals surface area contributed by atoms with Crippen molar-refractivity contribution in [2.75, 3.05) is 13.6 Å². The van der Waals surface area contributed by atoms with E-state index in [0.717, 1.165) is 12.1 Å². The maximum absolute atomic E-state index is 2.44. The van der Waals surface area contributed by atoms with Gasteiger partial charge in [0, 0.05) is 0 Å². The van der Waals surface area contributed by atoms with Gasteiger partial charge in [0.15, 0.2) is 0 Å². The van der Waals surface area contributed by atoms with Gasteiger partial charge < -0.3 is 4.48 Å². The van der Waals surface area contributed by atoms with Crippen LogP contribution >= 0.6 is 0 Å². The molecule has 0 aliphatic carbocycles. The lowest BCUT2D eigenvalue weighted by molar-refractivity contribution is -0.957. The van der Waals surface area contributed by atoms with Gasteiger partial charge in [0.2, 0.25) is 0 Å². The smallest absolute Gasteiger partial charge is 0.0887 e. The molecule has 1 fully saturated rings. The molecule has 0 saturated carbocycles. The third-order valence-corrected chi connectivity index (χ3v) is 3.91. The molecule has 0 aromatic rings. The van der Waals surface area contributed by atoms with Crippen molar-refractivity contribution in [1.29, 1.82) is 0 Å². The molecular weight excluding hydrogens is 146 g/mol. The summed E-state index contributed by atoms with van der Waals surface area (Å²) in [5.74, 6) is 0. The Morgan fingerprint density at radius 2 is 2.00 bits per heavy atom. The maximum Gasteiger partial charge on any atom is 0.0887 e. The largest absolute Gasteiger partial charge is 0.322 e. The van der Waals surface area contributed by atoms with E-state index in [4.69, 9.17) is 0 Å². The molecule has 2 unspecified atom stereocenters. The molecule has 0 radical (unpaired) electrons. The van der Waals surface area contributed by atoms with Gasteiger partial charge in [-0.2, -0.15) is 0 Å². The molecule has 0 aromatic carbocycles. The molecule has 1 nitrogen and oxygen atoms in total. The Kier molecular flexibility index (Phi) is 3.16. The van der Waals surface area contributed by atoms with Crippen LogP contribution in [0.3, 0.4) is 0 Å². The van der Waals surface area contributed by atoms with E-state index in [0.29, 0.717) is 0 Å². The molecule has 1 aliphatic heterocycles. The number of rotatable bonds is 2. The number of nitrogens with zero attached hydrogens (tertiary/aromatic N) is 1. The van der Waals surface area contributed by atoms with E-state index < -0.39 is 0 Å². The number of hydrogen-bond donors (Lipinski definition) is 0. The molecular formula is C11H24N+. The minimum atomic E-state index is 0.801. The van der Waals surface area contributed by atoms with Gasteiger partial charge in [-0.1, -0.05) is 6.92 Å². The second kappa shape index (κ2) is 3.78. The summed E-state index contributed by atoms with van der Waals surface area (Å²) in [6.45, 7) is 8.48. The molecule has 72 valence electrons. The van der Waals surface area contributed by atoms with Crippen molar-refractivity contribution in [1.82, 2.24) is 0 Å². The van der Waals surface area contributed by atoms with Crippen LogP contribution in [0.1, 0.15) is 46.5 Å². The Bertz CT molecular complexity index is 142. The first kappa shape index (κ1) is 10.0. The zero-order valence-corrected chi connectivity index (χ0v) is 9.14. The van der Waals surface area contributed by atoms with Crippen LogP contribution in [0.15, 0.2) is 0 Å². The van der Waals surface area contributed by atoms with Crippen LogP contribution in [-0.4, -0.2) is 30.2 Å². The SMILES string of the molecule is CCC1CCCC[N+]1(C)C(C)C. The summed E-state index contributed by atoms with van der Waals surface area (Å²) in [5.41, 5.74) is 0. The third-order valence-electron chi connectivity index (χ3n) is 3.91. The first-order valence-corrected chi connectivity index (χ1v) is 5.46. The Morgan fingerprint density at radius 3 is 2.42 bits per heavy atom. The molecule has 1 saturated heterocycles. The van der Waals surface area contributed by atoms with E-state index in [9.17, 15) is 0 Å². The van der Waals surface area contributed by atoms with Crippen LogP contribution in [0.2, 0.25) is 0 Å². The average Bonchev–Trinajstić information content (AvgIpc) is 2.05. The van der Waals surface area contributed by atoms with Crippen LogP contribution < -0.4 is 0 Å². The van der Waals surface area contributed by atoms with Crippen molar-refractivity contribution in [3.05, 3.63) is 0 Å². The second-order valence-corrected chi connectivity index (χ2v) is 4.72. The molecule has 2 atom stereocenters. The van der Waals surface area contributed by atoms with Gasteiger partial charge in [-0.25, -0.2) is 0 Å². The van der Waals surface area contributed by atoms with Crippen molar-refractivity contribution < 1.29 is 4.48 Å². The average molecular weight is 170 g/mol. The van der Waals surface area contributed by atoms with Crippen molar-refractivity contribution in [3.8, 4) is 0 Å². The minimum Gasteiger partial charge on any atom is -0.322 e. The normalized spacial score (nSPS) is 37.2. The highest BCUT2D eigenvalue weighted by molar-refractivity contribution is 4.65. The van der Waals surface area contributed by atoms with E-state index in [1.807, 2.05) is 0 Å². The molecule has 0 bridgehead atoms. The lowest BCUT2D eigenvalue weighted by Crippen LogP contribution is -2.58. The monoisotopic (exact) mass is 170 g/mol. The van der Waals surface area contributed by atoms with Crippen molar-refractivity contribution >= 4 is 0 Å². The van der Waals surface area contributed by atoms with E-state index in [1.165, 1.54) is 36.7 Å². The summed E-state index contributed by atoms with van der Waals surface area (Å²) in [6, 6.07) is 1.73. The zero-order valence-electron chi connectivity index (χ0n) is 9.14. The molecule has 0 amide bonds. The first-order chi connectivity index (χ1) is 5.61. The second-order valence-electron chi connectivity index (χ2n) is 4.72. The predicted octanol–water partition coefficient (Wildman–Crippen LogP) is 2.80. The van der Waals surface area contributed by atoms with Crippen molar-refractivity contribution in [3.63, 3.8) is 0 Å².